The molecule has 2 unspecified atom stereocenters. The Labute approximate surface area is 101 Å². The predicted molar refractivity (Wildman–Crippen MR) is 68.8 cm³/mol. The lowest BCUT2D eigenvalue weighted by molar-refractivity contribution is 0.0831. The van der Waals surface area contributed by atoms with Crippen LogP contribution in [0, 0.1) is 5.41 Å². The Morgan fingerprint density at radius 1 is 1.38 bits per heavy atom. The van der Waals surface area contributed by atoms with Gasteiger partial charge in [0.15, 0.2) is 0 Å². The van der Waals surface area contributed by atoms with Crippen LogP contribution in [-0.2, 0) is 4.74 Å². The van der Waals surface area contributed by atoms with Gasteiger partial charge in [-0.05, 0) is 18.8 Å². The maximum absolute atomic E-state index is 5.12. The van der Waals surface area contributed by atoms with Crippen molar-refractivity contribution in [3.63, 3.8) is 0 Å². The van der Waals surface area contributed by atoms with Gasteiger partial charge in [0.25, 0.3) is 0 Å². The minimum absolute atomic E-state index is 0.347. The molecule has 1 heterocycles. The van der Waals surface area contributed by atoms with Gasteiger partial charge in [-0.3, -0.25) is 4.90 Å². The zero-order valence-electron chi connectivity index (χ0n) is 11.5. The van der Waals surface area contributed by atoms with Crippen molar-refractivity contribution in [1.29, 1.82) is 0 Å². The third-order valence-corrected chi connectivity index (χ3v) is 3.54. The molecule has 0 aliphatic carbocycles. The minimum atomic E-state index is 0.347. The van der Waals surface area contributed by atoms with Crippen LogP contribution in [-0.4, -0.2) is 50.3 Å². The quantitative estimate of drug-likeness (QED) is 0.742. The summed E-state index contributed by atoms with van der Waals surface area (Å²) in [5.41, 5.74) is 0.347. The average molecular weight is 228 g/mol. The van der Waals surface area contributed by atoms with Gasteiger partial charge in [-0.2, -0.15) is 0 Å². The lowest BCUT2D eigenvalue weighted by atomic mass is 9.85. The van der Waals surface area contributed by atoms with Crippen LogP contribution in [0.5, 0.6) is 0 Å². The first-order valence-electron chi connectivity index (χ1n) is 6.41. The van der Waals surface area contributed by atoms with Crippen molar-refractivity contribution in [3.05, 3.63) is 0 Å². The summed E-state index contributed by atoms with van der Waals surface area (Å²) in [7, 11) is 1.78. The molecule has 1 saturated heterocycles. The highest BCUT2D eigenvalue weighted by molar-refractivity contribution is 4.90. The first-order valence-corrected chi connectivity index (χ1v) is 6.41. The van der Waals surface area contributed by atoms with Gasteiger partial charge in [-0.15, -0.1) is 0 Å². The van der Waals surface area contributed by atoms with Gasteiger partial charge in [0.05, 0.1) is 0 Å². The maximum atomic E-state index is 5.12. The zero-order valence-corrected chi connectivity index (χ0v) is 11.5. The maximum Gasteiger partial charge on any atom is 0.0474 e. The molecule has 0 bridgehead atoms. The summed E-state index contributed by atoms with van der Waals surface area (Å²) in [6, 6.07) is 1.25. The SMILES string of the molecule is COCCCN1CC(C(C)(C)C)NCC1C. The standard InChI is InChI=1S/C13H28N2O/c1-11-9-14-12(13(2,3)4)10-15(11)7-6-8-16-5/h11-12,14H,6-10H2,1-5H3. The summed E-state index contributed by atoms with van der Waals surface area (Å²) in [6.45, 7) is 13.5. The number of hydrogen-bond donors (Lipinski definition) is 1. The zero-order chi connectivity index (χ0) is 12.2. The number of hydrogen-bond acceptors (Lipinski definition) is 3. The van der Waals surface area contributed by atoms with Crippen LogP contribution in [0.1, 0.15) is 34.1 Å². The molecule has 0 aromatic heterocycles. The number of nitrogens with zero attached hydrogens (tertiary/aromatic N) is 1. The lowest BCUT2D eigenvalue weighted by Crippen LogP contribution is -2.59. The summed E-state index contributed by atoms with van der Waals surface area (Å²) < 4.78 is 5.12. The highest BCUT2D eigenvalue weighted by Gasteiger charge is 2.31. The Morgan fingerprint density at radius 2 is 2.06 bits per heavy atom. The third kappa shape index (κ3) is 4.04. The van der Waals surface area contributed by atoms with Gasteiger partial charge < -0.3 is 10.1 Å². The van der Waals surface area contributed by atoms with Crippen LogP contribution in [0.25, 0.3) is 0 Å². The second-order valence-electron chi connectivity index (χ2n) is 6.02. The molecule has 0 amide bonds. The Kier molecular flexibility index (Phi) is 5.22. The molecule has 2 atom stereocenters. The van der Waals surface area contributed by atoms with E-state index in [1.807, 2.05) is 0 Å². The van der Waals surface area contributed by atoms with E-state index in [1.165, 1.54) is 0 Å². The molecule has 0 aromatic rings. The monoisotopic (exact) mass is 228 g/mol. The Bertz CT molecular complexity index is 201. The normalized spacial score (nSPS) is 28.3. The number of methoxy groups -OCH3 is 1. The van der Waals surface area contributed by atoms with E-state index in [1.54, 1.807) is 7.11 Å². The van der Waals surface area contributed by atoms with Crippen molar-refractivity contribution in [2.45, 2.75) is 46.2 Å². The van der Waals surface area contributed by atoms with Crippen molar-refractivity contribution >= 4 is 0 Å². The van der Waals surface area contributed by atoms with Crippen molar-refractivity contribution in [2.24, 2.45) is 5.41 Å². The Morgan fingerprint density at radius 3 is 2.62 bits per heavy atom. The van der Waals surface area contributed by atoms with Crippen molar-refractivity contribution in [2.75, 3.05) is 33.4 Å². The van der Waals surface area contributed by atoms with Crippen LogP contribution < -0.4 is 5.32 Å². The number of nitrogens with one attached hydrogen (secondary N) is 1. The van der Waals surface area contributed by atoms with Gasteiger partial charge in [-0.25, -0.2) is 0 Å². The fraction of sp³-hybridized carbons (Fsp3) is 1.00. The summed E-state index contributed by atoms with van der Waals surface area (Å²) in [6.07, 6.45) is 1.14. The molecule has 0 radical (unpaired) electrons. The predicted octanol–water partition coefficient (Wildman–Crippen LogP) is 1.73. The molecular weight excluding hydrogens is 200 g/mol. The molecule has 0 spiro atoms. The van der Waals surface area contributed by atoms with Gasteiger partial charge in [0, 0.05) is 45.4 Å². The molecule has 0 aromatic carbocycles. The molecule has 16 heavy (non-hydrogen) atoms. The van der Waals surface area contributed by atoms with Crippen LogP contribution in [0.15, 0.2) is 0 Å². The summed E-state index contributed by atoms with van der Waals surface area (Å²) in [5, 5.41) is 3.66. The van der Waals surface area contributed by atoms with Crippen LogP contribution in [0.4, 0.5) is 0 Å². The van der Waals surface area contributed by atoms with E-state index in [9.17, 15) is 0 Å². The fourth-order valence-corrected chi connectivity index (χ4v) is 2.22. The number of rotatable bonds is 4. The molecule has 1 N–H and O–H groups in total. The molecule has 0 saturated carbocycles. The first-order chi connectivity index (χ1) is 7.45. The number of ether oxygens (including phenoxy) is 1. The lowest BCUT2D eigenvalue weighted by Gasteiger charge is -2.44. The van der Waals surface area contributed by atoms with E-state index in [-0.39, 0.29) is 0 Å². The largest absolute Gasteiger partial charge is 0.385 e. The number of piperazine rings is 1. The smallest absolute Gasteiger partial charge is 0.0474 e. The first kappa shape index (κ1) is 13.9. The Hall–Kier alpha value is -0.120. The van der Waals surface area contributed by atoms with Gasteiger partial charge in [-0.1, -0.05) is 20.8 Å². The van der Waals surface area contributed by atoms with E-state index in [4.69, 9.17) is 4.74 Å². The molecule has 1 rings (SSSR count). The van der Waals surface area contributed by atoms with E-state index in [0.29, 0.717) is 17.5 Å². The summed E-state index contributed by atoms with van der Waals surface area (Å²) in [5.74, 6) is 0. The van der Waals surface area contributed by atoms with Gasteiger partial charge in [0.2, 0.25) is 0 Å². The molecule has 1 aliphatic rings. The van der Waals surface area contributed by atoms with Crippen molar-refractivity contribution < 1.29 is 4.74 Å². The molecule has 3 nitrogen and oxygen atoms in total. The Balaban J connectivity index is 2.42. The topological polar surface area (TPSA) is 24.5 Å². The summed E-state index contributed by atoms with van der Waals surface area (Å²) >= 11 is 0. The van der Waals surface area contributed by atoms with Gasteiger partial charge >= 0.3 is 0 Å². The van der Waals surface area contributed by atoms with E-state index in [0.717, 1.165) is 32.7 Å². The van der Waals surface area contributed by atoms with Crippen LogP contribution >= 0.6 is 0 Å². The second kappa shape index (κ2) is 5.99. The summed E-state index contributed by atoms with van der Waals surface area (Å²) in [4.78, 5) is 2.59. The van der Waals surface area contributed by atoms with Crippen molar-refractivity contribution in [3.8, 4) is 0 Å². The molecule has 3 heteroatoms. The van der Waals surface area contributed by atoms with Crippen molar-refractivity contribution in [1.82, 2.24) is 10.2 Å². The van der Waals surface area contributed by atoms with Gasteiger partial charge in [0.1, 0.15) is 0 Å². The van der Waals surface area contributed by atoms with Crippen LogP contribution in [0.3, 0.4) is 0 Å². The average Bonchev–Trinajstić information content (AvgIpc) is 2.19. The third-order valence-electron chi connectivity index (χ3n) is 3.54. The molecular formula is C13H28N2O. The second-order valence-corrected chi connectivity index (χ2v) is 6.02. The highest BCUT2D eigenvalue weighted by atomic mass is 16.5. The van der Waals surface area contributed by atoms with E-state index in [2.05, 4.69) is 37.9 Å². The molecule has 1 fully saturated rings. The molecule has 1 aliphatic heterocycles. The van der Waals surface area contributed by atoms with E-state index >= 15 is 0 Å². The van der Waals surface area contributed by atoms with Crippen LogP contribution in [0.2, 0.25) is 0 Å². The highest BCUT2D eigenvalue weighted by Crippen LogP contribution is 2.23. The fourth-order valence-electron chi connectivity index (χ4n) is 2.22. The minimum Gasteiger partial charge on any atom is -0.385 e. The van der Waals surface area contributed by atoms with E-state index < -0.39 is 0 Å². The molecule has 96 valence electrons.